The Morgan fingerprint density at radius 1 is 1.41 bits per heavy atom. The highest BCUT2D eigenvalue weighted by molar-refractivity contribution is 6.31. The van der Waals surface area contributed by atoms with Crippen molar-refractivity contribution in [2.45, 2.75) is 32.6 Å². The molecule has 17 heavy (non-hydrogen) atoms. The second-order valence-corrected chi connectivity index (χ2v) is 4.87. The number of rotatable bonds is 2. The fourth-order valence-electron chi connectivity index (χ4n) is 2.16. The summed E-state index contributed by atoms with van der Waals surface area (Å²) >= 11 is 6.01. The average molecular weight is 256 g/mol. The van der Waals surface area contributed by atoms with Crippen molar-refractivity contribution in [1.82, 2.24) is 4.98 Å². The lowest BCUT2D eigenvalue weighted by Crippen LogP contribution is -2.45. The van der Waals surface area contributed by atoms with Crippen molar-refractivity contribution < 1.29 is 4.74 Å². The molecule has 0 amide bonds. The van der Waals surface area contributed by atoms with Gasteiger partial charge in [0.05, 0.1) is 22.9 Å². The topological polar surface area (TPSA) is 51.4 Å². The molecule has 0 saturated carbocycles. The Hall–Kier alpha value is -0.840. The molecule has 4 nitrogen and oxygen atoms in total. The van der Waals surface area contributed by atoms with Crippen molar-refractivity contribution >= 4 is 17.4 Å². The van der Waals surface area contributed by atoms with Gasteiger partial charge in [-0.2, -0.15) is 0 Å². The van der Waals surface area contributed by atoms with Gasteiger partial charge in [0.2, 0.25) is 0 Å². The van der Waals surface area contributed by atoms with Crippen LogP contribution in [-0.4, -0.2) is 30.3 Å². The molecule has 0 bridgehead atoms. The maximum absolute atomic E-state index is 6.01. The summed E-state index contributed by atoms with van der Waals surface area (Å²) in [5.41, 5.74) is 6.36. The van der Waals surface area contributed by atoms with E-state index in [1.807, 2.05) is 12.1 Å². The summed E-state index contributed by atoms with van der Waals surface area (Å²) < 4.78 is 5.70. The lowest BCUT2D eigenvalue weighted by Gasteiger charge is -2.36. The van der Waals surface area contributed by atoms with Gasteiger partial charge in [0.1, 0.15) is 5.82 Å². The molecule has 2 rings (SSSR count). The van der Waals surface area contributed by atoms with Crippen LogP contribution in [0, 0.1) is 0 Å². The first-order valence-corrected chi connectivity index (χ1v) is 6.24. The van der Waals surface area contributed by atoms with E-state index in [1.165, 1.54) is 0 Å². The van der Waals surface area contributed by atoms with Crippen LogP contribution in [0.2, 0.25) is 5.02 Å². The maximum Gasteiger partial charge on any atom is 0.129 e. The molecule has 2 heterocycles. The molecular formula is C12H18ClN3O. The molecule has 1 aliphatic heterocycles. The lowest BCUT2D eigenvalue weighted by atomic mass is 10.2. The van der Waals surface area contributed by atoms with Crippen LogP contribution >= 0.6 is 11.6 Å². The van der Waals surface area contributed by atoms with Crippen LogP contribution in [0.4, 0.5) is 5.82 Å². The van der Waals surface area contributed by atoms with Gasteiger partial charge in [-0.1, -0.05) is 11.6 Å². The van der Waals surface area contributed by atoms with E-state index in [1.54, 1.807) is 0 Å². The highest BCUT2D eigenvalue weighted by Gasteiger charge is 2.23. The van der Waals surface area contributed by atoms with Crippen molar-refractivity contribution in [1.29, 1.82) is 0 Å². The van der Waals surface area contributed by atoms with Crippen molar-refractivity contribution in [2.75, 3.05) is 18.0 Å². The SMILES string of the molecule is CC1CN(c2ccc(Cl)c(CN)n2)CC(C)O1. The molecule has 2 unspecified atom stereocenters. The molecule has 0 aliphatic carbocycles. The zero-order valence-electron chi connectivity index (χ0n) is 10.2. The van der Waals surface area contributed by atoms with Gasteiger partial charge in [0.15, 0.2) is 0 Å². The van der Waals surface area contributed by atoms with Crippen LogP contribution < -0.4 is 10.6 Å². The third-order valence-corrected chi connectivity index (χ3v) is 3.19. The summed E-state index contributed by atoms with van der Waals surface area (Å²) in [7, 11) is 0. The number of hydrogen-bond donors (Lipinski definition) is 1. The minimum Gasteiger partial charge on any atom is -0.372 e. The van der Waals surface area contributed by atoms with Crippen molar-refractivity contribution in [3.8, 4) is 0 Å². The monoisotopic (exact) mass is 255 g/mol. The molecule has 1 aromatic heterocycles. The normalized spacial score (nSPS) is 25.1. The molecule has 0 radical (unpaired) electrons. The van der Waals surface area contributed by atoms with Crippen molar-refractivity contribution in [3.63, 3.8) is 0 Å². The quantitative estimate of drug-likeness (QED) is 0.876. The fraction of sp³-hybridized carbons (Fsp3) is 0.583. The van der Waals surface area contributed by atoms with E-state index < -0.39 is 0 Å². The van der Waals surface area contributed by atoms with Crippen LogP contribution in [0.5, 0.6) is 0 Å². The third kappa shape index (κ3) is 2.89. The molecule has 94 valence electrons. The molecule has 0 aromatic carbocycles. The maximum atomic E-state index is 6.01. The number of ether oxygens (including phenoxy) is 1. The standard InChI is InChI=1S/C12H18ClN3O/c1-8-6-16(7-9(2)17-8)12-4-3-10(13)11(5-14)15-12/h3-4,8-9H,5-7,14H2,1-2H3. The van der Waals surface area contributed by atoms with E-state index in [9.17, 15) is 0 Å². The number of halogens is 1. The third-order valence-electron chi connectivity index (χ3n) is 2.84. The van der Waals surface area contributed by atoms with E-state index in [0.29, 0.717) is 11.6 Å². The Kier molecular flexibility index (Phi) is 3.86. The number of hydrogen-bond acceptors (Lipinski definition) is 4. The summed E-state index contributed by atoms with van der Waals surface area (Å²) in [5.74, 6) is 0.928. The molecule has 0 spiro atoms. The smallest absolute Gasteiger partial charge is 0.129 e. The number of morpholine rings is 1. The minimum absolute atomic E-state index is 0.220. The predicted molar refractivity (Wildman–Crippen MR) is 69.4 cm³/mol. The fourth-order valence-corrected chi connectivity index (χ4v) is 2.34. The number of nitrogens with zero attached hydrogens (tertiary/aromatic N) is 2. The Balaban J connectivity index is 2.21. The highest BCUT2D eigenvalue weighted by Crippen LogP contribution is 2.22. The van der Waals surface area contributed by atoms with E-state index in [0.717, 1.165) is 24.6 Å². The second kappa shape index (κ2) is 5.21. The zero-order chi connectivity index (χ0) is 12.4. The van der Waals surface area contributed by atoms with Crippen LogP contribution in [0.1, 0.15) is 19.5 Å². The summed E-state index contributed by atoms with van der Waals surface area (Å²) in [6.45, 7) is 6.21. The van der Waals surface area contributed by atoms with Crippen LogP contribution in [0.3, 0.4) is 0 Å². The number of nitrogens with two attached hydrogens (primary N) is 1. The Morgan fingerprint density at radius 2 is 2.06 bits per heavy atom. The molecule has 1 aromatic rings. The zero-order valence-corrected chi connectivity index (χ0v) is 10.9. The van der Waals surface area contributed by atoms with Crippen LogP contribution in [-0.2, 0) is 11.3 Å². The molecule has 1 saturated heterocycles. The molecular weight excluding hydrogens is 238 g/mol. The van der Waals surface area contributed by atoms with E-state index in [4.69, 9.17) is 22.1 Å². The van der Waals surface area contributed by atoms with Crippen molar-refractivity contribution in [2.24, 2.45) is 5.73 Å². The Bertz CT molecular complexity index is 389. The Morgan fingerprint density at radius 3 is 2.65 bits per heavy atom. The first-order valence-electron chi connectivity index (χ1n) is 5.86. The summed E-state index contributed by atoms with van der Waals surface area (Å²) in [6.07, 6.45) is 0.440. The van der Waals surface area contributed by atoms with Gasteiger partial charge in [-0.3, -0.25) is 0 Å². The Labute approximate surface area is 107 Å². The van der Waals surface area contributed by atoms with Gasteiger partial charge in [-0.15, -0.1) is 0 Å². The number of anilines is 1. The van der Waals surface area contributed by atoms with E-state index >= 15 is 0 Å². The van der Waals surface area contributed by atoms with E-state index in [2.05, 4.69) is 23.7 Å². The van der Waals surface area contributed by atoms with Gasteiger partial charge in [-0.25, -0.2) is 4.98 Å². The van der Waals surface area contributed by atoms with Gasteiger partial charge in [-0.05, 0) is 26.0 Å². The molecule has 5 heteroatoms. The summed E-state index contributed by atoms with van der Waals surface area (Å²) in [5, 5.41) is 0.630. The van der Waals surface area contributed by atoms with E-state index in [-0.39, 0.29) is 12.2 Å². The van der Waals surface area contributed by atoms with Gasteiger partial charge >= 0.3 is 0 Å². The minimum atomic E-state index is 0.220. The van der Waals surface area contributed by atoms with Crippen LogP contribution in [0.15, 0.2) is 12.1 Å². The van der Waals surface area contributed by atoms with Gasteiger partial charge < -0.3 is 15.4 Å². The number of aromatic nitrogens is 1. The molecule has 1 fully saturated rings. The predicted octanol–water partition coefficient (Wildman–Crippen LogP) is 1.81. The van der Waals surface area contributed by atoms with Gasteiger partial charge in [0, 0.05) is 19.6 Å². The molecule has 2 atom stereocenters. The molecule has 1 aliphatic rings. The largest absolute Gasteiger partial charge is 0.372 e. The van der Waals surface area contributed by atoms with Crippen molar-refractivity contribution in [3.05, 3.63) is 22.8 Å². The van der Waals surface area contributed by atoms with Crippen LogP contribution in [0.25, 0.3) is 0 Å². The highest BCUT2D eigenvalue weighted by atomic mass is 35.5. The molecule has 2 N–H and O–H groups in total. The summed E-state index contributed by atoms with van der Waals surface area (Å²) in [6, 6.07) is 3.79. The first-order chi connectivity index (χ1) is 8.10. The average Bonchev–Trinajstić information content (AvgIpc) is 2.28. The number of pyridine rings is 1. The first kappa shape index (κ1) is 12.6. The summed E-state index contributed by atoms with van der Waals surface area (Å²) in [4.78, 5) is 6.71. The second-order valence-electron chi connectivity index (χ2n) is 4.46. The lowest BCUT2D eigenvalue weighted by molar-refractivity contribution is -0.00546. The van der Waals surface area contributed by atoms with Gasteiger partial charge in [0.25, 0.3) is 0 Å².